The molecule has 5 atom stereocenters. The Bertz CT molecular complexity index is 949. The molecule has 1 unspecified atom stereocenters. The number of fused-ring (bicyclic) bond motifs is 1. The number of hydrogen-bond acceptors (Lipinski definition) is 6. The minimum Gasteiger partial charge on any atom is -0.390 e. The number of nitrogens with zero attached hydrogens (tertiary/aromatic N) is 4. The van der Waals surface area contributed by atoms with Gasteiger partial charge in [-0.15, -0.1) is 10.2 Å². The van der Waals surface area contributed by atoms with E-state index in [0.29, 0.717) is 29.6 Å². The number of H-pyrrole nitrogens is 2. The summed E-state index contributed by atoms with van der Waals surface area (Å²) in [6.45, 7) is 0. The van der Waals surface area contributed by atoms with Gasteiger partial charge in [-0.3, -0.25) is 0 Å². The number of pyridine rings is 1. The van der Waals surface area contributed by atoms with Crippen LogP contribution in [0, 0.1) is 17.8 Å². The van der Waals surface area contributed by atoms with Crippen LogP contribution in [0.3, 0.4) is 0 Å². The number of anilines is 1. The van der Waals surface area contributed by atoms with Crippen molar-refractivity contribution in [3.05, 3.63) is 18.5 Å². The van der Waals surface area contributed by atoms with E-state index in [4.69, 9.17) is 0 Å². The summed E-state index contributed by atoms with van der Waals surface area (Å²) in [5.41, 5.74) is 2.30. The van der Waals surface area contributed by atoms with Crippen LogP contribution in [-0.4, -0.2) is 47.3 Å². The predicted molar refractivity (Wildman–Crippen MR) is 95.2 cm³/mol. The molecule has 4 N–H and O–H groups in total. The third-order valence-electron chi connectivity index (χ3n) is 6.72. The molecule has 4 bridgehead atoms. The average molecular weight is 351 g/mol. The molecule has 4 fully saturated rings. The lowest BCUT2D eigenvalue weighted by atomic mass is 9.52. The molecule has 8 heteroatoms. The van der Waals surface area contributed by atoms with E-state index in [0.717, 1.165) is 41.5 Å². The molecular weight excluding hydrogens is 330 g/mol. The van der Waals surface area contributed by atoms with Gasteiger partial charge in [-0.25, -0.2) is 4.98 Å². The highest BCUT2D eigenvalue weighted by Crippen LogP contribution is 2.56. The molecule has 0 amide bonds. The molecule has 0 radical (unpaired) electrons. The van der Waals surface area contributed by atoms with E-state index in [1.165, 1.54) is 12.8 Å². The van der Waals surface area contributed by atoms with Crippen LogP contribution in [0.2, 0.25) is 0 Å². The first-order valence-electron chi connectivity index (χ1n) is 9.37. The van der Waals surface area contributed by atoms with Crippen molar-refractivity contribution in [2.45, 2.75) is 43.7 Å². The molecule has 4 aliphatic rings. The highest BCUT2D eigenvalue weighted by atomic mass is 16.3. The van der Waals surface area contributed by atoms with Crippen molar-refractivity contribution in [1.82, 2.24) is 30.6 Å². The summed E-state index contributed by atoms with van der Waals surface area (Å²) in [5, 5.41) is 30.3. The van der Waals surface area contributed by atoms with E-state index < -0.39 is 5.60 Å². The second-order valence-corrected chi connectivity index (χ2v) is 8.39. The van der Waals surface area contributed by atoms with Gasteiger partial charge in [0.1, 0.15) is 5.65 Å². The second-order valence-electron chi connectivity index (χ2n) is 8.39. The van der Waals surface area contributed by atoms with Crippen molar-refractivity contribution in [2.75, 3.05) is 5.32 Å². The van der Waals surface area contributed by atoms with E-state index in [1.807, 2.05) is 12.3 Å². The summed E-state index contributed by atoms with van der Waals surface area (Å²) in [5.74, 6) is 2.28. The van der Waals surface area contributed by atoms with E-state index in [1.54, 1.807) is 6.20 Å². The molecule has 3 heterocycles. The van der Waals surface area contributed by atoms with Gasteiger partial charge in [0.05, 0.1) is 16.9 Å². The van der Waals surface area contributed by atoms with Crippen molar-refractivity contribution in [3.63, 3.8) is 0 Å². The van der Waals surface area contributed by atoms with E-state index >= 15 is 0 Å². The number of aliphatic hydroxyl groups is 1. The van der Waals surface area contributed by atoms with Crippen LogP contribution in [0.1, 0.15) is 32.1 Å². The highest BCUT2D eigenvalue weighted by molar-refractivity contribution is 5.97. The van der Waals surface area contributed by atoms with Gasteiger partial charge >= 0.3 is 0 Å². The van der Waals surface area contributed by atoms with E-state index in [2.05, 4.69) is 35.9 Å². The van der Waals surface area contributed by atoms with Crippen LogP contribution in [0.5, 0.6) is 0 Å². The SMILES string of the molecule is O[C@@]12CC3C[C@H](C1)[C@H](Nc1c(-c4nn[nH]n4)cnc4[nH]ccc14)[C@@H](C3)C2. The molecule has 3 aromatic heterocycles. The molecule has 7 rings (SSSR count). The molecule has 0 spiro atoms. The number of rotatable bonds is 3. The zero-order chi connectivity index (χ0) is 17.3. The van der Waals surface area contributed by atoms with Crippen LogP contribution in [0.15, 0.2) is 18.5 Å². The first-order valence-corrected chi connectivity index (χ1v) is 9.37. The Morgan fingerprint density at radius 3 is 2.77 bits per heavy atom. The van der Waals surface area contributed by atoms with Gasteiger partial charge in [-0.2, -0.15) is 5.21 Å². The lowest BCUT2D eigenvalue weighted by Crippen LogP contribution is -2.59. The van der Waals surface area contributed by atoms with Gasteiger partial charge in [-0.05, 0) is 61.1 Å². The maximum absolute atomic E-state index is 10.9. The van der Waals surface area contributed by atoms with Crippen LogP contribution >= 0.6 is 0 Å². The normalized spacial score (nSPS) is 35.3. The lowest BCUT2D eigenvalue weighted by molar-refractivity contribution is -0.129. The minimum absolute atomic E-state index is 0.373. The molecule has 26 heavy (non-hydrogen) atoms. The fraction of sp³-hybridized carbons (Fsp3) is 0.556. The zero-order valence-electron chi connectivity index (χ0n) is 14.3. The highest BCUT2D eigenvalue weighted by Gasteiger charge is 2.54. The first-order chi connectivity index (χ1) is 12.7. The van der Waals surface area contributed by atoms with Crippen molar-refractivity contribution in [2.24, 2.45) is 17.8 Å². The monoisotopic (exact) mass is 351 g/mol. The quantitative estimate of drug-likeness (QED) is 0.574. The summed E-state index contributed by atoms with van der Waals surface area (Å²) >= 11 is 0. The summed E-state index contributed by atoms with van der Waals surface area (Å²) in [7, 11) is 0. The van der Waals surface area contributed by atoms with Crippen LogP contribution < -0.4 is 5.32 Å². The summed E-state index contributed by atoms with van der Waals surface area (Å²) in [6.07, 6.45) is 8.97. The first kappa shape index (κ1) is 14.7. The van der Waals surface area contributed by atoms with E-state index in [-0.39, 0.29) is 0 Å². The van der Waals surface area contributed by atoms with Gasteiger partial charge < -0.3 is 15.4 Å². The number of nitrogens with one attached hydrogen (secondary N) is 3. The Balaban J connectivity index is 1.43. The molecular formula is C18H21N7O. The number of tetrazole rings is 1. The van der Waals surface area contributed by atoms with Crippen LogP contribution in [0.25, 0.3) is 22.4 Å². The maximum Gasteiger partial charge on any atom is 0.208 e. The van der Waals surface area contributed by atoms with Gasteiger partial charge in [0.15, 0.2) is 0 Å². The Kier molecular flexibility index (Phi) is 2.84. The van der Waals surface area contributed by atoms with E-state index in [9.17, 15) is 5.11 Å². The van der Waals surface area contributed by atoms with Gasteiger partial charge in [0.25, 0.3) is 0 Å². The standard InChI is InChI=1S/C18H21N7O/c26-18-5-9-3-10(6-18)14(11(4-9)7-18)21-15-12-1-2-19-16(12)20-8-13(15)17-22-24-25-23-17/h1-2,8-11,14,26H,3-7H2,(H2,19,20,21)(H,22,23,24,25)/t9?,10-,11+,14+,18+. The topological polar surface area (TPSA) is 115 Å². The summed E-state index contributed by atoms with van der Waals surface area (Å²) in [6, 6.07) is 2.41. The van der Waals surface area contributed by atoms with Gasteiger partial charge in [0, 0.05) is 23.8 Å². The fourth-order valence-electron chi connectivity index (χ4n) is 5.99. The van der Waals surface area contributed by atoms with Crippen molar-refractivity contribution < 1.29 is 5.11 Å². The van der Waals surface area contributed by atoms with Crippen LogP contribution in [0.4, 0.5) is 5.69 Å². The smallest absolute Gasteiger partial charge is 0.208 e. The molecule has 0 saturated heterocycles. The number of aromatic nitrogens is 6. The summed E-state index contributed by atoms with van der Waals surface area (Å²) in [4.78, 5) is 7.68. The van der Waals surface area contributed by atoms with Gasteiger partial charge in [0.2, 0.25) is 5.82 Å². The molecule has 4 aliphatic carbocycles. The minimum atomic E-state index is -0.424. The molecule has 0 aliphatic heterocycles. The molecule has 3 aromatic rings. The number of aromatic amines is 2. The van der Waals surface area contributed by atoms with Gasteiger partial charge in [-0.1, -0.05) is 0 Å². The van der Waals surface area contributed by atoms with Crippen molar-refractivity contribution in [3.8, 4) is 11.4 Å². The van der Waals surface area contributed by atoms with Crippen molar-refractivity contribution >= 4 is 16.7 Å². The lowest BCUT2D eigenvalue weighted by Gasteiger charge is -2.58. The Labute approximate surface area is 149 Å². The second kappa shape index (κ2) is 5.03. The fourth-order valence-corrected chi connectivity index (χ4v) is 5.99. The molecule has 8 nitrogen and oxygen atoms in total. The molecule has 0 aromatic carbocycles. The average Bonchev–Trinajstić information content (AvgIpc) is 3.27. The summed E-state index contributed by atoms with van der Waals surface area (Å²) < 4.78 is 0. The Morgan fingerprint density at radius 2 is 2.04 bits per heavy atom. The number of hydrogen-bond donors (Lipinski definition) is 4. The molecule has 4 saturated carbocycles. The van der Waals surface area contributed by atoms with Crippen molar-refractivity contribution in [1.29, 1.82) is 0 Å². The predicted octanol–water partition coefficient (Wildman–Crippen LogP) is 2.09. The third kappa shape index (κ3) is 2.05. The van der Waals surface area contributed by atoms with Crippen LogP contribution in [-0.2, 0) is 0 Å². The zero-order valence-corrected chi connectivity index (χ0v) is 14.3. The largest absolute Gasteiger partial charge is 0.390 e. The Hall–Kier alpha value is -2.48. The third-order valence-corrected chi connectivity index (χ3v) is 6.72. The maximum atomic E-state index is 10.9. The Morgan fingerprint density at radius 1 is 1.19 bits per heavy atom. The molecule has 134 valence electrons.